The van der Waals surface area contributed by atoms with Crippen LogP contribution in [0.15, 0.2) is 42.5 Å². The van der Waals surface area contributed by atoms with Crippen molar-refractivity contribution in [1.82, 2.24) is 0 Å². The minimum atomic E-state index is -1.07. The van der Waals surface area contributed by atoms with Gasteiger partial charge in [0, 0.05) is 10.6 Å². The first-order valence-corrected chi connectivity index (χ1v) is 6.36. The fourth-order valence-electron chi connectivity index (χ4n) is 2.26. The van der Waals surface area contributed by atoms with E-state index in [0.29, 0.717) is 5.02 Å². The predicted molar refractivity (Wildman–Crippen MR) is 76.0 cm³/mol. The highest BCUT2D eigenvalue weighted by Gasteiger charge is 2.29. The zero-order valence-electron chi connectivity index (χ0n) is 10.9. The molecule has 94 valence electrons. The average molecular weight is 261 g/mol. The number of rotatable bonds is 2. The number of aryl methyl sites for hydroxylation is 2. The summed E-state index contributed by atoms with van der Waals surface area (Å²) in [6.07, 6.45) is 0. The second kappa shape index (κ2) is 4.75. The van der Waals surface area contributed by atoms with Gasteiger partial charge < -0.3 is 5.11 Å². The van der Waals surface area contributed by atoms with E-state index in [2.05, 4.69) is 0 Å². The Morgan fingerprint density at radius 1 is 1.00 bits per heavy atom. The van der Waals surface area contributed by atoms with Gasteiger partial charge in [-0.3, -0.25) is 0 Å². The van der Waals surface area contributed by atoms with Crippen molar-refractivity contribution in [3.05, 3.63) is 69.7 Å². The Balaban J connectivity index is 2.61. The van der Waals surface area contributed by atoms with Gasteiger partial charge in [0.2, 0.25) is 0 Å². The Morgan fingerprint density at radius 2 is 1.67 bits per heavy atom. The first-order valence-electron chi connectivity index (χ1n) is 5.98. The topological polar surface area (TPSA) is 20.2 Å². The van der Waals surface area contributed by atoms with E-state index in [0.717, 1.165) is 22.3 Å². The lowest BCUT2D eigenvalue weighted by atomic mass is 9.85. The van der Waals surface area contributed by atoms with Gasteiger partial charge in [-0.2, -0.15) is 0 Å². The van der Waals surface area contributed by atoms with Crippen molar-refractivity contribution < 1.29 is 5.11 Å². The van der Waals surface area contributed by atoms with Crippen molar-refractivity contribution in [2.24, 2.45) is 0 Å². The van der Waals surface area contributed by atoms with Gasteiger partial charge in [0.05, 0.1) is 0 Å². The minimum absolute atomic E-state index is 0.586. The highest BCUT2D eigenvalue weighted by atomic mass is 35.5. The van der Waals surface area contributed by atoms with Crippen LogP contribution >= 0.6 is 11.6 Å². The van der Waals surface area contributed by atoms with Gasteiger partial charge in [-0.1, -0.05) is 53.6 Å². The van der Waals surface area contributed by atoms with Gasteiger partial charge in [0.1, 0.15) is 5.60 Å². The molecule has 2 rings (SSSR count). The maximum Gasteiger partial charge on any atom is 0.113 e. The second-order valence-corrected chi connectivity index (χ2v) is 5.28. The Morgan fingerprint density at radius 3 is 2.33 bits per heavy atom. The lowest BCUT2D eigenvalue weighted by Crippen LogP contribution is -2.24. The van der Waals surface area contributed by atoms with Crippen molar-refractivity contribution in [3.8, 4) is 0 Å². The third kappa shape index (κ3) is 2.29. The molecule has 18 heavy (non-hydrogen) atoms. The molecule has 0 saturated carbocycles. The van der Waals surface area contributed by atoms with Crippen LogP contribution in [-0.4, -0.2) is 5.11 Å². The number of aliphatic hydroxyl groups is 1. The molecule has 0 spiro atoms. The molecule has 1 unspecified atom stereocenters. The Kier molecular flexibility index (Phi) is 3.47. The monoisotopic (exact) mass is 260 g/mol. The summed E-state index contributed by atoms with van der Waals surface area (Å²) in [4.78, 5) is 0. The fourth-order valence-corrected chi connectivity index (χ4v) is 2.58. The smallest absolute Gasteiger partial charge is 0.113 e. The van der Waals surface area contributed by atoms with E-state index >= 15 is 0 Å². The molecule has 0 aromatic heterocycles. The maximum absolute atomic E-state index is 10.9. The van der Waals surface area contributed by atoms with E-state index in [1.54, 1.807) is 13.0 Å². The molecule has 0 amide bonds. The molecule has 2 aromatic rings. The molecule has 0 heterocycles. The summed E-state index contributed by atoms with van der Waals surface area (Å²) in [6.45, 7) is 5.81. The van der Waals surface area contributed by atoms with Gasteiger partial charge in [-0.15, -0.1) is 0 Å². The molecule has 0 aliphatic carbocycles. The molecular formula is C16H17ClO. The molecular weight excluding hydrogens is 244 g/mol. The van der Waals surface area contributed by atoms with Gasteiger partial charge in [-0.05, 0) is 38.0 Å². The lowest BCUT2D eigenvalue weighted by Gasteiger charge is -2.27. The Labute approximate surface area is 113 Å². The van der Waals surface area contributed by atoms with Crippen molar-refractivity contribution >= 4 is 11.6 Å². The van der Waals surface area contributed by atoms with Crippen molar-refractivity contribution in [3.63, 3.8) is 0 Å². The van der Waals surface area contributed by atoms with Crippen LogP contribution in [0, 0.1) is 13.8 Å². The van der Waals surface area contributed by atoms with Crippen LogP contribution in [0.2, 0.25) is 5.02 Å². The van der Waals surface area contributed by atoms with Crippen LogP contribution in [0.5, 0.6) is 0 Å². The van der Waals surface area contributed by atoms with Crippen LogP contribution in [0.4, 0.5) is 0 Å². The molecule has 1 nitrogen and oxygen atoms in total. The highest BCUT2D eigenvalue weighted by molar-refractivity contribution is 6.31. The van der Waals surface area contributed by atoms with E-state index in [1.807, 2.05) is 50.2 Å². The first-order chi connectivity index (χ1) is 8.43. The number of benzene rings is 2. The molecule has 2 heteroatoms. The largest absolute Gasteiger partial charge is 0.381 e. The summed E-state index contributed by atoms with van der Waals surface area (Å²) in [5, 5.41) is 11.4. The maximum atomic E-state index is 10.9. The van der Waals surface area contributed by atoms with E-state index in [4.69, 9.17) is 11.6 Å². The standard InChI is InChI=1S/C16H17ClO/c1-11-8-9-12(2)14(10-11)16(3,18)13-6-4-5-7-15(13)17/h4-10,18H,1-3H3. The molecule has 0 aliphatic rings. The van der Waals surface area contributed by atoms with Crippen LogP contribution in [0.1, 0.15) is 29.2 Å². The predicted octanol–water partition coefficient (Wildman–Crippen LogP) is 4.21. The molecule has 0 radical (unpaired) electrons. The summed E-state index contributed by atoms with van der Waals surface area (Å²) < 4.78 is 0. The quantitative estimate of drug-likeness (QED) is 0.858. The van der Waals surface area contributed by atoms with Crippen LogP contribution < -0.4 is 0 Å². The minimum Gasteiger partial charge on any atom is -0.381 e. The molecule has 0 aliphatic heterocycles. The molecule has 0 fully saturated rings. The molecule has 0 bridgehead atoms. The van der Waals surface area contributed by atoms with Gasteiger partial charge in [-0.25, -0.2) is 0 Å². The van der Waals surface area contributed by atoms with Crippen LogP contribution in [0.25, 0.3) is 0 Å². The summed E-state index contributed by atoms with van der Waals surface area (Å²) in [5.41, 5.74) is 2.75. The molecule has 1 N–H and O–H groups in total. The van der Waals surface area contributed by atoms with Gasteiger partial charge in [0.25, 0.3) is 0 Å². The summed E-state index contributed by atoms with van der Waals surface area (Å²) in [5.74, 6) is 0. The second-order valence-electron chi connectivity index (χ2n) is 4.87. The van der Waals surface area contributed by atoms with E-state index in [-0.39, 0.29) is 0 Å². The van der Waals surface area contributed by atoms with Crippen molar-refractivity contribution in [2.75, 3.05) is 0 Å². The van der Waals surface area contributed by atoms with E-state index in [9.17, 15) is 5.11 Å². The van der Waals surface area contributed by atoms with Crippen LogP contribution in [0.3, 0.4) is 0 Å². The van der Waals surface area contributed by atoms with Crippen molar-refractivity contribution in [2.45, 2.75) is 26.4 Å². The van der Waals surface area contributed by atoms with Crippen molar-refractivity contribution in [1.29, 1.82) is 0 Å². The normalized spacial score (nSPS) is 14.3. The molecule has 2 aromatic carbocycles. The SMILES string of the molecule is Cc1ccc(C)c(C(C)(O)c2ccccc2Cl)c1. The zero-order chi connectivity index (χ0) is 13.3. The molecule has 1 atom stereocenters. The third-order valence-electron chi connectivity index (χ3n) is 3.32. The first kappa shape index (κ1) is 13.1. The van der Waals surface area contributed by atoms with Gasteiger partial charge >= 0.3 is 0 Å². The number of halogens is 1. The Bertz CT molecular complexity index is 573. The number of hydrogen-bond donors (Lipinski definition) is 1. The van der Waals surface area contributed by atoms with Crippen LogP contribution in [-0.2, 0) is 5.60 Å². The van der Waals surface area contributed by atoms with Gasteiger partial charge in [0.15, 0.2) is 0 Å². The Hall–Kier alpha value is -1.31. The lowest BCUT2D eigenvalue weighted by molar-refractivity contribution is 0.102. The summed E-state index contributed by atoms with van der Waals surface area (Å²) >= 11 is 6.19. The van der Waals surface area contributed by atoms with E-state index < -0.39 is 5.60 Å². The third-order valence-corrected chi connectivity index (χ3v) is 3.65. The number of hydrogen-bond acceptors (Lipinski definition) is 1. The summed E-state index contributed by atoms with van der Waals surface area (Å²) in [7, 11) is 0. The summed E-state index contributed by atoms with van der Waals surface area (Å²) in [6, 6.07) is 13.5. The zero-order valence-corrected chi connectivity index (χ0v) is 11.6. The highest BCUT2D eigenvalue weighted by Crippen LogP contribution is 2.35. The average Bonchev–Trinajstić information content (AvgIpc) is 2.32. The van der Waals surface area contributed by atoms with E-state index in [1.165, 1.54) is 0 Å². The molecule has 0 saturated heterocycles. The fraction of sp³-hybridized carbons (Fsp3) is 0.250.